The van der Waals surface area contributed by atoms with Crippen molar-refractivity contribution in [1.29, 1.82) is 0 Å². The molecule has 0 aliphatic rings. The van der Waals surface area contributed by atoms with E-state index in [4.69, 9.17) is 14.2 Å². The molecular weight excluding hydrogens is 905 g/mol. The Labute approximate surface area is 346 Å². The zero-order valence-corrected chi connectivity index (χ0v) is 33.6. The maximum Gasteiger partial charge on any atom is 0.269 e. The summed E-state index contributed by atoms with van der Waals surface area (Å²) >= 11 is 0. The molecule has 0 aromatic heterocycles. The fourth-order valence-corrected chi connectivity index (χ4v) is 9.01. The fraction of sp³-hybridized carbons (Fsp3) is 0.0750. The van der Waals surface area contributed by atoms with E-state index in [-0.39, 0.29) is 33.3 Å². The molecule has 0 bridgehead atoms. The number of carbonyl (C=O) groups is 1. The number of rotatable bonds is 13. The summed E-state index contributed by atoms with van der Waals surface area (Å²) in [6.07, 6.45) is 0. The van der Waals surface area contributed by atoms with Crippen molar-refractivity contribution < 1.29 is 83.9 Å². The predicted octanol–water partition coefficient (Wildman–Crippen LogP) is 9.74. The summed E-state index contributed by atoms with van der Waals surface area (Å²) in [5.74, 6) is -27.6. The molecule has 0 saturated carbocycles. The van der Waals surface area contributed by atoms with Crippen LogP contribution in [0.5, 0.6) is 34.5 Å². The van der Waals surface area contributed by atoms with Crippen LogP contribution in [0.15, 0.2) is 111 Å². The number of hydrogen-bond donors (Lipinski definition) is 1. The molecule has 0 saturated heterocycles. The summed E-state index contributed by atoms with van der Waals surface area (Å²) in [7, 11) is -15.5. The molecule has 11 nitrogen and oxygen atoms in total. The molecule has 1 N–H and O–H groups in total. The van der Waals surface area contributed by atoms with Gasteiger partial charge in [0.25, 0.3) is 10.1 Å². The molecule has 6 aromatic carbocycles. The van der Waals surface area contributed by atoms with Crippen LogP contribution in [0.3, 0.4) is 0 Å². The highest BCUT2D eigenvalue weighted by atomic mass is 32.2. The number of halogens is 8. The first-order valence-electron chi connectivity index (χ1n) is 17.0. The first-order chi connectivity index (χ1) is 28.9. The van der Waals surface area contributed by atoms with E-state index in [1.54, 1.807) is 6.92 Å². The summed E-state index contributed by atoms with van der Waals surface area (Å²) in [5, 5.41) is 0. The van der Waals surface area contributed by atoms with Gasteiger partial charge in [0.2, 0.25) is 54.4 Å². The largest absolute Gasteiger partial charge is 0.457 e. The Morgan fingerprint density at radius 3 is 1.26 bits per heavy atom. The van der Waals surface area contributed by atoms with Crippen molar-refractivity contribution >= 4 is 35.6 Å². The number of Topliss-reactive ketones (excluding diaryl/α,β-unsaturated/α-hetero) is 1. The lowest BCUT2D eigenvalue weighted by Gasteiger charge is -2.16. The number of carbonyl (C=O) groups excluding carboxylic acids is 1. The molecule has 0 spiro atoms. The van der Waals surface area contributed by atoms with E-state index >= 15 is 26.3 Å². The van der Waals surface area contributed by atoms with Gasteiger partial charge in [0.05, 0.1) is 9.79 Å². The van der Waals surface area contributed by atoms with E-state index in [0.29, 0.717) is 5.56 Å². The Hall–Kier alpha value is -6.36. The minimum absolute atomic E-state index is 0.0156. The lowest BCUT2D eigenvalue weighted by molar-refractivity contribution is 0.101. The maximum atomic E-state index is 15.3. The molecule has 22 heteroatoms. The van der Waals surface area contributed by atoms with E-state index in [2.05, 4.69) is 0 Å². The number of aryl methyl sites for hydroxylation is 1. The second kappa shape index (κ2) is 16.8. The maximum absolute atomic E-state index is 15.3. The van der Waals surface area contributed by atoms with Gasteiger partial charge in [0, 0.05) is 11.1 Å². The summed E-state index contributed by atoms with van der Waals surface area (Å²) in [5.41, 5.74) is 0.659. The van der Waals surface area contributed by atoms with Crippen molar-refractivity contribution in [3.63, 3.8) is 0 Å². The summed E-state index contributed by atoms with van der Waals surface area (Å²) in [6, 6.07) is 16.5. The van der Waals surface area contributed by atoms with Crippen LogP contribution in [0.4, 0.5) is 35.1 Å². The summed E-state index contributed by atoms with van der Waals surface area (Å²) < 4.78 is 222. The highest BCUT2D eigenvalue weighted by molar-refractivity contribution is 7.91. The molecule has 6 aromatic rings. The lowest BCUT2D eigenvalue weighted by atomic mass is 10.1. The van der Waals surface area contributed by atoms with Crippen LogP contribution in [0, 0.1) is 53.5 Å². The average molecular weight is 929 g/mol. The lowest BCUT2D eigenvalue weighted by Crippen LogP contribution is -2.17. The van der Waals surface area contributed by atoms with Crippen LogP contribution >= 0.6 is 0 Å². The van der Waals surface area contributed by atoms with Crippen molar-refractivity contribution in [1.82, 2.24) is 0 Å². The Bertz CT molecular complexity index is 3070. The second-order valence-electron chi connectivity index (χ2n) is 13.0. The van der Waals surface area contributed by atoms with Crippen LogP contribution in [-0.4, -0.2) is 35.6 Å². The number of ether oxygens (including phenoxy) is 3. The van der Waals surface area contributed by atoms with Gasteiger partial charge < -0.3 is 14.2 Å². The topological polar surface area (TPSA) is 167 Å². The van der Waals surface area contributed by atoms with Gasteiger partial charge >= 0.3 is 0 Å². The molecule has 0 fully saturated rings. The molecule has 0 atom stereocenters. The first-order valence-corrected chi connectivity index (χ1v) is 21.6. The first kappa shape index (κ1) is 45.2. The monoisotopic (exact) mass is 928 g/mol. The average Bonchev–Trinajstić information content (AvgIpc) is 3.20. The van der Waals surface area contributed by atoms with E-state index < -0.39 is 120 Å². The van der Waals surface area contributed by atoms with Crippen LogP contribution in [0.2, 0.25) is 0 Å². The van der Waals surface area contributed by atoms with Gasteiger partial charge in [-0.15, -0.1) is 0 Å². The predicted molar refractivity (Wildman–Crippen MR) is 199 cm³/mol. The number of ketones is 1. The molecule has 0 unspecified atom stereocenters. The quantitative estimate of drug-likeness (QED) is 0.0507. The molecule has 62 heavy (non-hydrogen) atoms. The molecule has 6 rings (SSSR count). The van der Waals surface area contributed by atoms with Gasteiger partial charge in [-0.3, -0.25) is 9.35 Å². The van der Waals surface area contributed by atoms with Crippen LogP contribution in [0.1, 0.15) is 28.4 Å². The number of hydrogen-bond acceptors (Lipinski definition) is 10. The Kier molecular flexibility index (Phi) is 12.3. The van der Waals surface area contributed by atoms with E-state index in [1.165, 1.54) is 49.4 Å². The molecular formula is C40H24F8O11S3. The normalized spacial score (nSPS) is 12.0. The summed E-state index contributed by atoms with van der Waals surface area (Å²) in [6.45, 7) is 2.84. The van der Waals surface area contributed by atoms with E-state index in [1.807, 2.05) is 0 Å². The standard InChI is InChI=1S/C40H24F8O11S3/c1-19-3-6-24(7-4-19)58-37-29(41)33(45)39(34(46)30(37)42)62(55,56)40-35(47)31(43)38(32(44)36(40)48)59-25-10-14-27(15-11-25)61(53,54)26-12-8-23(9-13-26)57-28-16-5-21(20(2)49)17-22(28)18-60(50,51)52/h3-17H,18H2,1-2H3,(H,50,51,52). The number of sulfone groups is 2. The van der Waals surface area contributed by atoms with Gasteiger partial charge in [-0.1, -0.05) is 17.7 Å². The van der Waals surface area contributed by atoms with Gasteiger partial charge in [0.15, 0.2) is 29.1 Å². The van der Waals surface area contributed by atoms with Gasteiger partial charge in [-0.05, 0) is 92.7 Å². The summed E-state index contributed by atoms with van der Waals surface area (Å²) in [4.78, 5) is 5.58. The van der Waals surface area contributed by atoms with Crippen molar-refractivity contribution in [3.05, 3.63) is 154 Å². The fourth-order valence-electron chi connectivity index (χ4n) is 5.62. The molecule has 0 heterocycles. The van der Waals surface area contributed by atoms with Crippen molar-refractivity contribution in [2.24, 2.45) is 0 Å². The van der Waals surface area contributed by atoms with Crippen LogP contribution < -0.4 is 14.2 Å². The zero-order valence-electron chi connectivity index (χ0n) is 31.1. The smallest absolute Gasteiger partial charge is 0.269 e. The van der Waals surface area contributed by atoms with Crippen molar-refractivity contribution in [2.45, 2.75) is 39.2 Å². The van der Waals surface area contributed by atoms with Crippen LogP contribution in [0.25, 0.3) is 0 Å². The van der Waals surface area contributed by atoms with Gasteiger partial charge in [-0.2, -0.15) is 26.0 Å². The van der Waals surface area contributed by atoms with Gasteiger partial charge in [-0.25, -0.2) is 34.4 Å². The molecule has 0 aliphatic heterocycles. The Balaban J connectivity index is 1.24. The molecule has 324 valence electrons. The minimum Gasteiger partial charge on any atom is -0.457 e. The van der Waals surface area contributed by atoms with Crippen LogP contribution in [-0.2, 0) is 35.5 Å². The highest BCUT2D eigenvalue weighted by Gasteiger charge is 2.41. The number of benzene rings is 6. The third kappa shape index (κ3) is 8.84. The highest BCUT2D eigenvalue weighted by Crippen LogP contribution is 2.42. The van der Waals surface area contributed by atoms with Crippen molar-refractivity contribution in [2.75, 3.05) is 0 Å². The van der Waals surface area contributed by atoms with E-state index in [0.717, 1.165) is 48.5 Å². The molecule has 0 amide bonds. The second-order valence-corrected chi connectivity index (χ2v) is 18.2. The molecule has 0 aliphatic carbocycles. The minimum atomic E-state index is -6.50. The molecule has 0 radical (unpaired) electrons. The zero-order chi connectivity index (χ0) is 45.6. The Morgan fingerprint density at radius 2 is 0.887 bits per heavy atom. The van der Waals surface area contributed by atoms with Crippen molar-refractivity contribution in [3.8, 4) is 34.5 Å². The Morgan fingerprint density at radius 1 is 0.516 bits per heavy atom. The van der Waals surface area contributed by atoms with Gasteiger partial charge in [0.1, 0.15) is 38.5 Å². The van der Waals surface area contributed by atoms with E-state index in [9.17, 15) is 43.4 Å². The third-order valence-corrected chi connectivity index (χ3v) is 12.9. The third-order valence-electron chi connectivity index (χ3n) is 8.66. The SMILES string of the molecule is CC(=O)c1ccc(Oc2ccc(S(=O)(=O)c3ccc(Oc4c(F)c(F)c(S(=O)(=O)c5c(F)c(F)c(Oc6ccc(C)cc6)c(F)c5F)c(F)c4F)cc3)cc2)c(CS(=O)(=O)O)c1.